The van der Waals surface area contributed by atoms with Gasteiger partial charge in [0.15, 0.2) is 0 Å². The monoisotopic (exact) mass is 448 g/mol. The maximum atomic E-state index is 12.8. The molecule has 0 aliphatic rings. The number of carbonyl (C=O) groups excluding carboxylic acids is 1. The number of alkyl halides is 3. The van der Waals surface area contributed by atoms with Gasteiger partial charge in [-0.05, 0) is 60.5 Å². The molecule has 0 bridgehead atoms. The van der Waals surface area contributed by atoms with Crippen LogP contribution in [0.15, 0.2) is 77.7 Å². The molecule has 0 saturated heterocycles. The lowest BCUT2D eigenvalue weighted by molar-refractivity contribution is -0.137. The van der Waals surface area contributed by atoms with Crippen LogP contribution < -0.4 is 10.0 Å². The van der Waals surface area contributed by atoms with E-state index in [1.165, 1.54) is 30.3 Å². The third-order valence-electron chi connectivity index (χ3n) is 4.52. The Morgan fingerprint density at radius 1 is 0.935 bits per heavy atom. The number of carbonyl (C=O) groups is 1. The molecule has 0 atom stereocenters. The molecule has 3 aromatic rings. The van der Waals surface area contributed by atoms with E-state index in [4.69, 9.17) is 0 Å². The Morgan fingerprint density at radius 2 is 1.61 bits per heavy atom. The van der Waals surface area contributed by atoms with E-state index in [1.807, 2.05) is 19.1 Å². The van der Waals surface area contributed by atoms with E-state index in [9.17, 15) is 26.4 Å². The zero-order valence-electron chi connectivity index (χ0n) is 16.4. The highest BCUT2D eigenvalue weighted by Gasteiger charge is 2.30. The molecule has 0 radical (unpaired) electrons. The summed E-state index contributed by atoms with van der Waals surface area (Å²) in [5, 5.41) is 2.79. The van der Waals surface area contributed by atoms with Crippen molar-refractivity contribution in [3.8, 4) is 0 Å². The van der Waals surface area contributed by atoms with Gasteiger partial charge in [0.1, 0.15) is 0 Å². The van der Waals surface area contributed by atoms with Crippen LogP contribution in [0.1, 0.15) is 28.4 Å². The molecule has 0 aromatic heterocycles. The molecular weight excluding hydrogens is 429 g/mol. The highest BCUT2D eigenvalue weighted by atomic mass is 32.2. The third-order valence-corrected chi connectivity index (χ3v) is 5.91. The SMILES string of the molecule is CCc1ccccc1NC(=O)c1ccc(S(=O)(=O)Nc2cccc(C(F)(F)F)c2)cc1. The lowest BCUT2D eigenvalue weighted by atomic mass is 10.1. The van der Waals surface area contributed by atoms with Gasteiger partial charge in [-0.15, -0.1) is 0 Å². The zero-order valence-corrected chi connectivity index (χ0v) is 17.2. The topological polar surface area (TPSA) is 75.3 Å². The molecule has 0 heterocycles. The summed E-state index contributed by atoms with van der Waals surface area (Å²) in [7, 11) is -4.14. The minimum atomic E-state index is -4.59. The van der Waals surface area contributed by atoms with Gasteiger partial charge in [0.05, 0.1) is 10.5 Å². The number of amides is 1. The summed E-state index contributed by atoms with van der Waals surface area (Å²) in [6.45, 7) is 1.96. The van der Waals surface area contributed by atoms with Crippen molar-refractivity contribution in [2.75, 3.05) is 10.0 Å². The van der Waals surface area contributed by atoms with Crippen LogP contribution in [0.2, 0.25) is 0 Å². The first-order valence-corrected chi connectivity index (χ1v) is 10.8. The smallest absolute Gasteiger partial charge is 0.322 e. The number of hydrogen-bond donors (Lipinski definition) is 2. The van der Waals surface area contributed by atoms with Crippen molar-refractivity contribution in [2.45, 2.75) is 24.4 Å². The lowest BCUT2D eigenvalue weighted by Crippen LogP contribution is -2.15. The van der Waals surface area contributed by atoms with Gasteiger partial charge in [0.2, 0.25) is 0 Å². The highest BCUT2D eigenvalue weighted by Crippen LogP contribution is 2.31. The van der Waals surface area contributed by atoms with Crippen LogP contribution in [0.4, 0.5) is 24.5 Å². The first kappa shape index (κ1) is 22.4. The van der Waals surface area contributed by atoms with Crippen molar-refractivity contribution in [2.24, 2.45) is 0 Å². The second-order valence-electron chi connectivity index (χ2n) is 6.67. The van der Waals surface area contributed by atoms with Gasteiger partial charge in [-0.2, -0.15) is 13.2 Å². The summed E-state index contributed by atoms with van der Waals surface area (Å²) in [4.78, 5) is 12.3. The minimum absolute atomic E-state index is 0.185. The van der Waals surface area contributed by atoms with Crippen LogP contribution in [0.3, 0.4) is 0 Å². The zero-order chi connectivity index (χ0) is 22.6. The Balaban J connectivity index is 1.76. The predicted molar refractivity (Wildman–Crippen MR) is 112 cm³/mol. The Hall–Kier alpha value is -3.33. The average Bonchev–Trinajstić information content (AvgIpc) is 2.73. The number of para-hydroxylation sites is 1. The van der Waals surface area contributed by atoms with E-state index < -0.39 is 27.7 Å². The summed E-state index contributed by atoms with van der Waals surface area (Å²) < 4.78 is 65.7. The summed E-state index contributed by atoms with van der Waals surface area (Å²) in [5.41, 5.74) is 0.682. The molecule has 3 aromatic carbocycles. The second-order valence-corrected chi connectivity index (χ2v) is 8.36. The Kier molecular flexibility index (Phi) is 6.35. The fourth-order valence-electron chi connectivity index (χ4n) is 2.90. The van der Waals surface area contributed by atoms with E-state index in [0.29, 0.717) is 11.8 Å². The van der Waals surface area contributed by atoms with Gasteiger partial charge in [-0.3, -0.25) is 9.52 Å². The molecule has 9 heteroatoms. The van der Waals surface area contributed by atoms with Crippen molar-refractivity contribution in [3.63, 3.8) is 0 Å². The van der Waals surface area contributed by atoms with Crippen LogP contribution in [-0.2, 0) is 22.6 Å². The molecule has 1 amide bonds. The third kappa shape index (κ3) is 5.43. The molecule has 31 heavy (non-hydrogen) atoms. The molecule has 162 valence electrons. The van der Waals surface area contributed by atoms with Crippen molar-refractivity contribution >= 4 is 27.3 Å². The van der Waals surface area contributed by atoms with Crippen molar-refractivity contribution in [1.82, 2.24) is 0 Å². The quantitative estimate of drug-likeness (QED) is 0.536. The van der Waals surface area contributed by atoms with Gasteiger partial charge in [0.25, 0.3) is 15.9 Å². The number of benzene rings is 3. The fraction of sp³-hybridized carbons (Fsp3) is 0.136. The van der Waals surface area contributed by atoms with Gasteiger partial charge in [-0.25, -0.2) is 8.42 Å². The molecule has 0 spiro atoms. The number of sulfonamides is 1. The number of aryl methyl sites for hydroxylation is 1. The first-order chi connectivity index (χ1) is 14.6. The van der Waals surface area contributed by atoms with Crippen LogP contribution >= 0.6 is 0 Å². The average molecular weight is 448 g/mol. The van der Waals surface area contributed by atoms with Crippen LogP contribution in [-0.4, -0.2) is 14.3 Å². The van der Waals surface area contributed by atoms with Gasteiger partial charge >= 0.3 is 6.18 Å². The standard InChI is InChI=1S/C22H19F3N2O3S/c1-2-15-6-3-4-9-20(15)26-21(28)16-10-12-19(13-11-16)31(29,30)27-18-8-5-7-17(14-18)22(23,24)25/h3-14,27H,2H2,1H3,(H,26,28). The summed E-state index contributed by atoms with van der Waals surface area (Å²) >= 11 is 0. The predicted octanol–water partition coefficient (Wildman–Crippen LogP) is 5.32. The van der Waals surface area contributed by atoms with Crippen LogP contribution in [0, 0.1) is 0 Å². The van der Waals surface area contributed by atoms with Gasteiger partial charge < -0.3 is 5.32 Å². The Labute approximate surface area is 178 Å². The highest BCUT2D eigenvalue weighted by molar-refractivity contribution is 7.92. The van der Waals surface area contributed by atoms with Crippen LogP contribution in [0.25, 0.3) is 0 Å². The second kappa shape index (κ2) is 8.81. The Bertz CT molecular complexity index is 1190. The maximum Gasteiger partial charge on any atom is 0.416 e. The van der Waals surface area contributed by atoms with E-state index in [2.05, 4.69) is 10.0 Å². The lowest BCUT2D eigenvalue weighted by Gasteiger charge is -2.12. The molecule has 3 rings (SSSR count). The molecule has 0 aliphatic carbocycles. The molecular formula is C22H19F3N2O3S. The van der Waals surface area contributed by atoms with Gasteiger partial charge in [0, 0.05) is 16.9 Å². The van der Waals surface area contributed by atoms with E-state index in [1.54, 1.807) is 12.1 Å². The number of rotatable bonds is 6. The van der Waals surface area contributed by atoms with Crippen LogP contribution in [0.5, 0.6) is 0 Å². The van der Waals surface area contributed by atoms with Crippen molar-refractivity contribution in [1.29, 1.82) is 0 Å². The van der Waals surface area contributed by atoms with E-state index in [0.717, 1.165) is 24.1 Å². The van der Waals surface area contributed by atoms with Crippen molar-refractivity contribution < 1.29 is 26.4 Å². The summed E-state index contributed by atoms with van der Waals surface area (Å²) in [5.74, 6) is -0.407. The normalized spacial score (nSPS) is 11.7. The van der Waals surface area contributed by atoms with Gasteiger partial charge in [-0.1, -0.05) is 31.2 Å². The molecule has 0 aliphatic heterocycles. The molecule has 0 unspecified atom stereocenters. The number of hydrogen-bond acceptors (Lipinski definition) is 3. The molecule has 2 N–H and O–H groups in total. The molecule has 5 nitrogen and oxygen atoms in total. The first-order valence-electron chi connectivity index (χ1n) is 9.29. The largest absolute Gasteiger partial charge is 0.416 e. The maximum absolute atomic E-state index is 12.8. The van der Waals surface area contributed by atoms with Crippen molar-refractivity contribution in [3.05, 3.63) is 89.5 Å². The molecule has 0 saturated carbocycles. The number of anilines is 2. The van der Waals surface area contributed by atoms with E-state index >= 15 is 0 Å². The van der Waals surface area contributed by atoms with E-state index in [-0.39, 0.29) is 16.1 Å². The minimum Gasteiger partial charge on any atom is -0.322 e. The fourth-order valence-corrected chi connectivity index (χ4v) is 3.95. The summed E-state index contributed by atoms with van der Waals surface area (Å²) in [6, 6.07) is 16.3. The number of nitrogens with one attached hydrogen (secondary N) is 2. The summed E-state index contributed by atoms with van der Waals surface area (Å²) in [6.07, 6.45) is -3.86. The Morgan fingerprint density at radius 3 is 2.26 bits per heavy atom. The number of halogens is 3. The molecule has 0 fully saturated rings.